The molecule has 0 N–H and O–H groups in total. The van der Waals surface area contributed by atoms with Crippen molar-refractivity contribution in [2.24, 2.45) is 0 Å². The molecule has 0 aromatic rings. The van der Waals surface area contributed by atoms with Crippen LogP contribution in [-0.2, 0) is 4.79 Å². The minimum atomic E-state index is 0. The standard InChI is InChI=1S/C5H8O.K.H/c6-5-3-1-2-4-5;;/h1-4H2;;. The van der Waals surface area contributed by atoms with Crippen molar-refractivity contribution in [3.63, 3.8) is 0 Å². The Morgan fingerprint density at radius 1 is 1.14 bits per heavy atom. The van der Waals surface area contributed by atoms with E-state index in [-0.39, 0.29) is 51.4 Å². The van der Waals surface area contributed by atoms with Crippen molar-refractivity contribution in [2.75, 3.05) is 0 Å². The van der Waals surface area contributed by atoms with Crippen LogP contribution in [0, 0.1) is 0 Å². The number of carbonyl (C=O) groups excluding carboxylic acids is 1. The Kier molecular flexibility index (Phi) is 5.00. The second-order valence-corrected chi connectivity index (χ2v) is 1.75. The van der Waals surface area contributed by atoms with Crippen molar-refractivity contribution >= 4 is 57.2 Å². The summed E-state index contributed by atoms with van der Waals surface area (Å²) in [5, 5.41) is 0. The zero-order valence-electron chi connectivity index (χ0n) is 3.74. The number of ketones is 1. The summed E-state index contributed by atoms with van der Waals surface area (Å²) in [6.07, 6.45) is 3.97. The normalized spacial score (nSPS) is 19.1. The van der Waals surface area contributed by atoms with Gasteiger partial charge in [-0.25, -0.2) is 0 Å². The van der Waals surface area contributed by atoms with Gasteiger partial charge in [-0.1, -0.05) is 0 Å². The fourth-order valence-corrected chi connectivity index (χ4v) is 0.769. The van der Waals surface area contributed by atoms with E-state index in [2.05, 4.69) is 0 Å². The maximum absolute atomic E-state index is 10.2. The van der Waals surface area contributed by atoms with Crippen LogP contribution in [0.4, 0.5) is 0 Å². The van der Waals surface area contributed by atoms with Gasteiger partial charge in [-0.05, 0) is 12.8 Å². The van der Waals surface area contributed by atoms with Gasteiger partial charge in [-0.2, -0.15) is 0 Å². The van der Waals surface area contributed by atoms with Crippen molar-refractivity contribution in [3.05, 3.63) is 0 Å². The molecule has 1 saturated carbocycles. The molecular formula is C5H9KO. The molecule has 1 rings (SSSR count). The van der Waals surface area contributed by atoms with Crippen LogP contribution in [0.2, 0.25) is 0 Å². The Morgan fingerprint density at radius 3 is 1.71 bits per heavy atom. The summed E-state index contributed by atoms with van der Waals surface area (Å²) in [5.41, 5.74) is 0. The first-order chi connectivity index (χ1) is 2.89. The maximum atomic E-state index is 10.2. The van der Waals surface area contributed by atoms with E-state index in [4.69, 9.17) is 0 Å². The first-order valence-electron chi connectivity index (χ1n) is 2.41. The van der Waals surface area contributed by atoms with E-state index in [1.807, 2.05) is 0 Å². The second kappa shape index (κ2) is 4.21. The Morgan fingerprint density at radius 2 is 1.57 bits per heavy atom. The molecule has 0 aliphatic heterocycles. The van der Waals surface area contributed by atoms with Crippen LogP contribution in [0.1, 0.15) is 25.7 Å². The second-order valence-electron chi connectivity index (χ2n) is 1.75. The van der Waals surface area contributed by atoms with Crippen molar-refractivity contribution in [2.45, 2.75) is 25.7 Å². The molecule has 0 atom stereocenters. The number of hydrogen-bond acceptors (Lipinski definition) is 1. The van der Waals surface area contributed by atoms with Crippen LogP contribution in [0.5, 0.6) is 0 Å². The van der Waals surface area contributed by atoms with E-state index in [0.717, 1.165) is 25.7 Å². The van der Waals surface area contributed by atoms with Crippen LogP contribution in [-0.4, -0.2) is 57.2 Å². The first kappa shape index (κ1) is 8.31. The quantitative estimate of drug-likeness (QED) is 0.429. The number of carbonyl (C=O) groups is 1. The molecule has 0 heterocycles. The van der Waals surface area contributed by atoms with Gasteiger partial charge < -0.3 is 0 Å². The molecule has 0 saturated heterocycles. The molecule has 0 bridgehead atoms. The van der Waals surface area contributed by atoms with Gasteiger partial charge in [0.2, 0.25) is 0 Å². The van der Waals surface area contributed by atoms with Gasteiger partial charge >= 0.3 is 51.4 Å². The monoisotopic (exact) mass is 124 g/mol. The molecule has 0 aromatic heterocycles. The van der Waals surface area contributed by atoms with Crippen molar-refractivity contribution in [1.29, 1.82) is 0 Å². The van der Waals surface area contributed by atoms with Gasteiger partial charge in [0.05, 0.1) is 0 Å². The number of Topliss-reactive ketones (excluding diaryl/α,β-unsaturated/α-hetero) is 1. The zero-order valence-corrected chi connectivity index (χ0v) is 3.74. The van der Waals surface area contributed by atoms with Crippen molar-refractivity contribution in [3.8, 4) is 0 Å². The van der Waals surface area contributed by atoms with E-state index in [0.29, 0.717) is 5.78 Å². The fourth-order valence-electron chi connectivity index (χ4n) is 0.769. The third kappa shape index (κ3) is 2.98. The van der Waals surface area contributed by atoms with Crippen LogP contribution in [0.3, 0.4) is 0 Å². The molecule has 2 heteroatoms. The molecule has 1 aliphatic carbocycles. The Labute approximate surface area is 86.3 Å². The van der Waals surface area contributed by atoms with Crippen LogP contribution >= 0.6 is 0 Å². The van der Waals surface area contributed by atoms with Gasteiger partial charge in [0, 0.05) is 12.8 Å². The minimum absolute atomic E-state index is 0. The molecule has 36 valence electrons. The summed E-state index contributed by atoms with van der Waals surface area (Å²) in [6.45, 7) is 0. The molecule has 7 heavy (non-hydrogen) atoms. The molecule has 0 unspecified atom stereocenters. The van der Waals surface area contributed by atoms with Gasteiger partial charge in [0.1, 0.15) is 5.78 Å². The average molecular weight is 124 g/mol. The predicted octanol–water partition coefficient (Wildman–Crippen LogP) is 0.481. The summed E-state index contributed by atoms with van der Waals surface area (Å²) >= 11 is 0. The molecule has 0 amide bonds. The Bertz CT molecular complexity index is 62.5. The van der Waals surface area contributed by atoms with Crippen LogP contribution in [0.25, 0.3) is 0 Å². The number of rotatable bonds is 0. The predicted molar refractivity (Wildman–Crippen MR) is 30.6 cm³/mol. The summed E-state index contributed by atoms with van der Waals surface area (Å²) in [5.74, 6) is 0.454. The van der Waals surface area contributed by atoms with Gasteiger partial charge in [-0.15, -0.1) is 0 Å². The average Bonchev–Trinajstić information content (AvgIpc) is 1.86. The first-order valence-corrected chi connectivity index (χ1v) is 2.41. The van der Waals surface area contributed by atoms with Crippen LogP contribution < -0.4 is 0 Å². The molecule has 1 fully saturated rings. The van der Waals surface area contributed by atoms with Gasteiger partial charge in [0.25, 0.3) is 0 Å². The van der Waals surface area contributed by atoms with E-state index in [1.165, 1.54) is 0 Å². The topological polar surface area (TPSA) is 17.1 Å². The van der Waals surface area contributed by atoms with Gasteiger partial charge in [0.15, 0.2) is 0 Å². The third-order valence-electron chi connectivity index (χ3n) is 1.16. The Balaban J connectivity index is 0.000000360. The third-order valence-corrected chi connectivity index (χ3v) is 1.16. The number of hydrogen-bond donors (Lipinski definition) is 0. The SMILES string of the molecule is O=C1CCCC1.[KH]. The zero-order chi connectivity index (χ0) is 4.41. The van der Waals surface area contributed by atoms with E-state index >= 15 is 0 Å². The molecular weight excluding hydrogens is 115 g/mol. The van der Waals surface area contributed by atoms with E-state index in [1.54, 1.807) is 0 Å². The molecule has 0 radical (unpaired) electrons. The van der Waals surface area contributed by atoms with Gasteiger partial charge in [-0.3, -0.25) is 4.79 Å². The molecule has 1 nitrogen and oxygen atoms in total. The van der Waals surface area contributed by atoms with E-state index in [9.17, 15) is 4.79 Å². The summed E-state index contributed by atoms with van der Waals surface area (Å²) < 4.78 is 0. The summed E-state index contributed by atoms with van der Waals surface area (Å²) in [6, 6.07) is 0. The summed E-state index contributed by atoms with van der Waals surface area (Å²) in [4.78, 5) is 10.2. The van der Waals surface area contributed by atoms with Crippen molar-refractivity contribution < 1.29 is 4.79 Å². The Hall–Kier alpha value is 1.31. The van der Waals surface area contributed by atoms with Crippen LogP contribution in [0.15, 0.2) is 0 Å². The summed E-state index contributed by atoms with van der Waals surface area (Å²) in [7, 11) is 0. The molecule has 0 aromatic carbocycles. The van der Waals surface area contributed by atoms with Crippen molar-refractivity contribution in [1.82, 2.24) is 0 Å². The molecule has 1 aliphatic rings. The van der Waals surface area contributed by atoms with E-state index < -0.39 is 0 Å². The molecule has 0 spiro atoms. The fraction of sp³-hybridized carbons (Fsp3) is 0.800.